The van der Waals surface area contributed by atoms with Crippen molar-refractivity contribution in [2.45, 2.75) is 191 Å². The van der Waals surface area contributed by atoms with Crippen molar-refractivity contribution in [1.82, 2.24) is 39.0 Å². The third-order valence-electron chi connectivity index (χ3n) is 12.2. The van der Waals surface area contributed by atoms with Crippen molar-refractivity contribution in [2.75, 3.05) is 53.3 Å². The summed E-state index contributed by atoms with van der Waals surface area (Å²) in [5.41, 5.74) is 2.86. The van der Waals surface area contributed by atoms with E-state index in [-0.39, 0.29) is 50.7 Å². The SMILES string of the molecule is CCCCCN(C(=O)OC(C)(C)C)c1nc(NCCC(C)C)c2ncn(CC(=O)OCC)c2n1.CCOC(=O)Cn1cnc2c(NCCC(C)C)nc(N(Cc3ccc(C4CCCCC4)cc3)C(=O)OC(C)(C)C)nc21. The number of unbranched alkanes of at least 4 members (excludes halogenated alkanes) is 2. The molecule has 0 atom stereocenters. The van der Waals surface area contributed by atoms with Gasteiger partial charge in [-0.25, -0.2) is 29.4 Å². The Labute approximate surface area is 449 Å². The maximum absolute atomic E-state index is 13.6. The van der Waals surface area contributed by atoms with Crippen LogP contribution in [0.25, 0.3) is 22.3 Å². The number of rotatable bonds is 23. The van der Waals surface area contributed by atoms with Gasteiger partial charge in [0.05, 0.1) is 32.4 Å². The van der Waals surface area contributed by atoms with Crippen molar-refractivity contribution in [1.29, 1.82) is 0 Å². The van der Waals surface area contributed by atoms with Gasteiger partial charge >= 0.3 is 24.1 Å². The molecule has 5 aromatic rings. The van der Waals surface area contributed by atoms with E-state index in [1.807, 2.05) is 41.5 Å². The molecule has 0 radical (unpaired) electrons. The van der Waals surface area contributed by atoms with E-state index >= 15 is 0 Å². The van der Waals surface area contributed by atoms with Gasteiger partial charge in [-0.05, 0) is 116 Å². The first kappa shape index (κ1) is 60.3. The summed E-state index contributed by atoms with van der Waals surface area (Å²) in [7, 11) is 0. The lowest BCUT2D eigenvalue weighted by Crippen LogP contribution is -2.38. The van der Waals surface area contributed by atoms with Crippen LogP contribution in [0, 0.1) is 11.8 Å². The topological polar surface area (TPSA) is 223 Å². The molecule has 4 aromatic heterocycles. The number of hydrogen-bond acceptors (Lipinski definition) is 16. The van der Waals surface area contributed by atoms with Gasteiger partial charge in [0, 0.05) is 19.6 Å². The number of esters is 2. The van der Waals surface area contributed by atoms with Crippen molar-refractivity contribution in [3.05, 3.63) is 48.0 Å². The quantitative estimate of drug-likeness (QED) is 0.0352. The predicted octanol–water partition coefficient (Wildman–Crippen LogP) is 11.6. The van der Waals surface area contributed by atoms with Crippen molar-refractivity contribution in [2.24, 2.45) is 11.8 Å². The van der Waals surface area contributed by atoms with Gasteiger partial charge in [0.2, 0.25) is 11.9 Å². The maximum atomic E-state index is 13.6. The molecule has 0 saturated heterocycles. The third kappa shape index (κ3) is 18.6. The van der Waals surface area contributed by atoms with Gasteiger partial charge in [-0.15, -0.1) is 0 Å². The molecule has 0 bridgehead atoms. The average Bonchev–Trinajstić information content (AvgIpc) is 3.95. The number of aromatic nitrogens is 8. The normalized spacial score (nSPS) is 13.1. The number of imidazole rings is 2. The van der Waals surface area contributed by atoms with Crippen molar-refractivity contribution in [3.63, 3.8) is 0 Å². The average molecular weight is 1060 g/mol. The van der Waals surface area contributed by atoms with E-state index in [1.54, 1.807) is 35.6 Å². The number of benzene rings is 1. The Hall–Kier alpha value is -6.60. The van der Waals surface area contributed by atoms with Gasteiger partial charge in [-0.3, -0.25) is 9.59 Å². The Bertz CT molecular complexity index is 2650. The first-order chi connectivity index (χ1) is 36.1. The molecule has 6 rings (SSSR count). The monoisotopic (exact) mass is 1050 g/mol. The van der Waals surface area contributed by atoms with E-state index in [0.29, 0.717) is 71.4 Å². The highest BCUT2D eigenvalue weighted by Gasteiger charge is 2.30. The Kier molecular flexibility index (Phi) is 22.6. The molecule has 2 N–H and O–H groups in total. The number of nitrogens with one attached hydrogen (secondary N) is 2. The van der Waals surface area contributed by atoms with Gasteiger partial charge in [-0.1, -0.05) is 91.0 Å². The van der Waals surface area contributed by atoms with E-state index in [4.69, 9.17) is 28.9 Å². The first-order valence-electron chi connectivity index (χ1n) is 27.4. The van der Waals surface area contributed by atoms with E-state index in [2.05, 4.69) is 89.5 Å². The number of fused-ring (bicyclic) bond motifs is 2. The molecule has 76 heavy (non-hydrogen) atoms. The molecule has 1 aliphatic rings. The molecule has 20 nitrogen and oxygen atoms in total. The molecule has 1 aromatic carbocycles. The minimum Gasteiger partial charge on any atom is -0.465 e. The summed E-state index contributed by atoms with van der Waals surface area (Å²) in [6, 6.07) is 8.51. The smallest absolute Gasteiger partial charge is 0.417 e. The lowest BCUT2D eigenvalue weighted by Gasteiger charge is -2.27. The summed E-state index contributed by atoms with van der Waals surface area (Å²) in [6.07, 6.45) is 13.0. The van der Waals surface area contributed by atoms with Crippen LogP contribution in [0.3, 0.4) is 0 Å². The molecule has 0 spiro atoms. The molecule has 4 heterocycles. The van der Waals surface area contributed by atoms with Crippen molar-refractivity contribution < 1.29 is 38.1 Å². The fraction of sp³-hybridized carbons (Fsp3) is 0.643. The minimum absolute atomic E-state index is 0.0332. The zero-order valence-corrected chi connectivity index (χ0v) is 47.7. The van der Waals surface area contributed by atoms with Crippen molar-refractivity contribution >= 4 is 70.0 Å². The summed E-state index contributed by atoms with van der Waals surface area (Å²) < 4.78 is 24.9. The zero-order valence-electron chi connectivity index (χ0n) is 47.7. The first-order valence-corrected chi connectivity index (χ1v) is 27.4. The molecule has 418 valence electrons. The van der Waals surface area contributed by atoms with Crippen LogP contribution in [-0.2, 0) is 48.2 Å². The Morgan fingerprint density at radius 1 is 0.645 bits per heavy atom. The second-order valence-corrected chi connectivity index (χ2v) is 22.1. The Morgan fingerprint density at radius 2 is 1.11 bits per heavy atom. The lowest BCUT2D eigenvalue weighted by molar-refractivity contribution is -0.144. The second-order valence-electron chi connectivity index (χ2n) is 22.1. The largest absolute Gasteiger partial charge is 0.465 e. The van der Waals surface area contributed by atoms with Crippen molar-refractivity contribution in [3.8, 4) is 0 Å². The van der Waals surface area contributed by atoms with Gasteiger partial charge in [0.1, 0.15) is 24.3 Å². The molecule has 20 heteroatoms. The summed E-state index contributed by atoms with van der Waals surface area (Å²) in [4.78, 5) is 81.9. The molecule has 2 amide bonds. The van der Waals surface area contributed by atoms with E-state index in [9.17, 15) is 19.2 Å². The summed E-state index contributed by atoms with van der Waals surface area (Å²) in [5.74, 6) is 2.23. The number of carbonyl (C=O) groups excluding carboxylic acids is 4. The Balaban J connectivity index is 0.000000288. The van der Waals surface area contributed by atoms with Gasteiger partial charge in [0.15, 0.2) is 34.0 Å². The highest BCUT2D eigenvalue weighted by molar-refractivity contribution is 5.91. The van der Waals surface area contributed by atoms with Gasteiger partial charge < -0.3 is 38.7 Å². The summed E-state index contributed by atoms with van der Waals surface area (Å²) in [5, 5.41) is 6.72. The number of anilines is 4. The highest BCUT2D eigenvalue weighted by Crippen LogP contribution is 2.33. The Morgan fingerprint density at radius 3 is 1.54 bits per heavy atom. The number of carbonyl (C=O) groups is 4. The van der Waals surface area contributed by atoms with E-state index < -0.39 is 29.4 Å². The van der Waals surface area contributed by atoms with Crippen LogP contribution < -0.4 is 20.4 Å². The molecule has 1 aliphatic carbocycles. The van der Waals surface area contributed by atoms with Crippen LogP contribution in [0.2, 0.25) is 0 Å². The maximum Gasteiger partial charge on any atom is 0.417 e. The molecule has 1 saturated carbocycles. The molecular formula is C56H86N12O8. The molecular weight excluding hydrogens is 969 g/mol. The lowest BCUT2D eigenvalue weighted by atomic mass is 9.84. The zero-order chi connectivity index (χ0) is 55.6. The van der Waals surface area contributed by atoms with Crippen LogP contribution in [0.5, 0.6) is 0 Å². The summed E-state index contributed by atoms with van der Waals surface area (Å²) >= 11 is 0. The standard InChI is InChI=1S/C32H46N6O4.C24H40N6O4/c1-7-41-26(39)20-37-21-34-27-28(33-18-17-22(2)3)35-30(36-29(27)37)38(31(40)42-32(4,5)6)19-23-13-15-25(16-14-23)24-11-9-8-10-12-24;1-8-10-11-14-30(23(32)34-24(5,6)7)22-27-20(25-13-12-17(3)4)19-21(28-22)29(16-26-19)15-18(31)33-9-2/h13-16,21-22,24H,7-12,17-20H2,1-6H3,(H,33,35,36);16-17H,8-15H2,1-7H3,(H,25,27,28). The number of ether oxygens (including phenoxy) is 4. The molecule has 1 fully saturated rings. The predicted molar refractivity (Wildman–Crippen MR) is 298 cm³/mol. The number of amides is 2. The third-order valence-corrected chi connectivity index (χ3v) is 12.2. The molecule has 0 aliphatic heterocycles. The second kappa shape index (κ2) is 28.5. The van der Waals surface area contributed by atoms with Crippen LogP contribution >= 0.6 is 0 Å². The van der Waals surface area contributed by atoms with Crippen LogP contribution in [-0.4, -0.2) is 107 Å². The van der Waals surface area contributed by atoms with Crippen LogP contribution in [0.1, 0.15) is 171 Å². The van der Waals surface area contributed by atoms with Crippen LogP contribution in [0.4, 0.5) is 33.1 Å². The van der Waals surface area contributed by atoms with Crippen LogP contribution in [0.15, 0.2) is 36.9 Å². The van der Waals surface area contributed by atoms with Gasteiger partial charge in [0.25, 0.3) is 0 Å². The number of hydrogen-bond donors (Lipinski definition) is 2. The minimum atomic E-state index is -0.714. The summed E-state index contributed by atoms with van der Waals surface area (Å²) in [6.45, 7) is 27.7. The van der Waals surface area contributed by atoms with E-state index in [1.165, 1.54) is 47.5 Å². The van der Waals surface area contributed by atoms with Gasteiger partial charge in [-0.2, -0.15) is 19.9 Å². The highest BCUT2D eigenvalue weighted by atomic mass is 16.6. The fourth-order valence-corrected chi connectivity index (χ4v) is 8.39. The van der Waals surface area contributed by atoms with E-state index in [0.717, 1.165) is 37.7 Å². The molecule has 0 unspecified atom stereocenters. The fourth-order valence-electron chi connectivity index (χ4n) is 8.39. The number of nitrogens with zero attached hydrogens (tertiary/aromatic N) is 10.